The van der Waals surface area contributed by atoms with Gasteiger partial charge in [-0.3, -0.25) is 9.78 Å². The summed E-state index contributed by atoms with van der Waals surface area (Å²) in [6.45, 7) is 2.19. The Balaban J connectivity index is 0.000000383. The first kappa shape index (κ1) is 24.3. The fraction of sp³-hybridized carbons (Fsp3) is 0.208. The highest BCUT2D eigenvalue weighted by Crippen LogP contribution is 2.32. The first-order valence-electron chi connectivity index (χ1n) is 9.95. The van der Waals surface area contributed by atoms with Crippen molar-refractivity contribution in [3.05, 3.63) is 82.6 Å². The van der Waals surface area contributed by atoms with Crippen LogP contribution in [0.2, 0.25) is 5.02 Å². The molecule has 1 N–H and O–H groups in total. The summed E-state index contributed by atoms with van der Waals surface area (Å²) in [7, 11) is 0. The molecular formula is C24H20ClF3N2O3. The molecule has 1 amide bonds. The van der Waals surface area contributed by atoms with Crippen molar-refractivity contribution in [2.45, 2.75) is 32.5 Å². The van der Waals surface area contributed by atoms with Gasteiger partial charge in [0, 0.05) is 30.0 Å². The molecule has 0 spiro atoms. The van der Waals surface area contributed by atoms with Gasteiger partial charge in [0.1, 0.15) is 0 Å². The topological polar surface area (TPSA) is 70.5 Å². The monoisotopic (exact) mass is 476 g/mol. The molecule has 1 aliphatic rings. The van der Waals surface area contributed by atoms with E-state index in [1.807, 2.05) is 35.4 Å². The van der Waals surface area contributed by atoms with E-state index in [-0.39, 0.29) is 5.91 Å². The molecule has 0 radical (unpaired) electrons. The number of anilines is 1. The molecule has 3 aromatic rings. The number of pyridine rings is 1. The zero-order valence-electron chi connectivity index (χ0n) is 17.6. The number of amides is 1. The van der Waals surface area contributed by atoms with Gasteiger partial charge in [-0.25, -0.2) is 4.79 Å². The number of rotatable bonds is 1. The lowest BCUT2D eigenvalue weighted by Crippen LogP contribution is -2.30. The van der Waals surface area contributed by atoms with Crippen molar-refractivity contribution >= 4 is 29.2 Å². The third-order valence-electron chi connectivity index (χ3n) is 5.15. The van der Waals surface area contributed by atoms with E-state index < -0.39 is 12.1 Å². The summed E-state index contributed by atoms with van der Waals surface area (Å²) >= 11 is 6.19. The third kappa shape index (κ3) is 6.10. The minimum atomic E-state index is -5.08. The molecule has 1 aliphatic heterocycles. The van der Waals surface area contributed by atoms with Gasteiger partial charge in [0.05, 0.1) is 6.54 Å². The Hall–Kier alpha value is -3.39. The quantitative estimate of drug-likeness (QED) is 0.490. The summed E-state index contributed by atoms with van der Waals surface area (Å²) in [6.07, 6.45) is 0.343. The van der Waals surface area contributed by atoms with E-state index in [4.69, 9.17) is 21.5 Å². The molecule has 0 unspecified atom stereocenters. The molecule has 9 heteroatoms. The largest absolute Gasteiger partial charge is 0.490 e. The Kier molecular flexibility index (Phi) is 7.38. The number of fused-ring (bicyclic) bond motifs is 2. The molecule has 5 nitrogen and oxygen atoms in total. The lowest BCUT2D eigenvalue weighted by Gasteiger charge is -2.28. The average molecular weight is 477 g/mol. The van der Waals surface area contributed by atoms with Crippen LogP contribution in [0.5, 0.6) is 0 Å². The Morgan fingerprint density at radius 1 is 1.00 bits per heavy atom. The van der Waals surface area contributed by atoms with Crippen LogP contribution in [0.3, 0.4) is 0 Å². The number of benzene rings is 2. The number of aryl methyl sites for hydroxylation is 2. The SMILES string of the molecule is CC(=O)N1Cc2ccc(-c3cccnc3)cc2CCc2cc(Cl)ccc21.O=C(O)C(F)(F)F. The highest BCUT2D eigenvalue weighted by Gasteiger charge is 2.38. The van der Waals surface area contributed by atoms with Crippen molar-refractivity contribution in [2.24, 2.45) is 0 Å². The zero-order valence-corrected chi connectivity index (χ0v) is 18.3. The molecule has 2 heterocycles. The first-order valence-corrected chi connectivity index (χ1v) is 10.3. The van der Waals surface area contributed by atoms with Gasteiger partial charge in [0.25, 0.3) is 0 Å². The summed E-state index contributed by atoms with van der Waals surface area (Å²) in [5, 5.41) is 7.83. The summed E-state index contributed by atoms with van der Waals surface area (Å²) in [5.41, 5.74) is 6.79. The minimum absolute atomic E-state index is 0.0396. The van der Waals surface area contributed by atoms with E-state index in [1.54, 1.807) is 13.1 Å². The van der Waals surface area contributed by atoms with Gasteiger partial charge in [-0.05, 0) is 64.9 Å². The van der Waals surface area contributed by atoms with Crippen LogP contribution < -0.4 is 4.90 Å². The van der Waals surface area contributed by atoms with Crippen LogP contribution in [0.25, 0.3) is 11.1 Å². The molecule has 0 bridgehead atoms. The number of carboxylic acid groups (broad SMARTS) is 1. The molecular weight excluding hydrogens is 457 g/mol. The number of aromatic nitrogens is 1. The number of hydrogen-bond acceptors (Lipinski definition) is 3. The van der Waals surface area contributed by atoms with Crippen LogP contribution in [-0.2, 0) is 29.0 Å². The lowest BCUT2D eigenvalue weighted by molar-refractivity contribution is -0.192. The van der Waals surface area contributed by atoms with Gasteiger partial charge in [-0.2, -0.15) is 13.2 Å². The molecule has 4 rings (SSSR count). The number of carbonyl (C=O) groups is 2. The number of carbonyl (C=O) groups excluding carboxylic acids is 1. The molecule has 172 valence electrons. The van der Waals surface area contributed by atoms with Crippen molar-refractivity contribution < 1.29 is 27.9 Å². The standard InChI is InChI=1S/C22H19ClN2O.C2HF3O2/c1-15(26)25-14-20-7-5-16(19-3-2-10-24-13-19)11-17(20)4-6-18-12-21(23)8-9-22(18)25;3-2(4,5)1(6)7/h2-3,5,7-13H,4,6,14H2,1H3;(H,6,7). The average Bonchev–Trinajstić information content (AvgIpc) is 2.75. The zero-order chi connectivity index (χ0) is 24.2. The Bertz CT molecular complexity index is 1170. The fourth-order valence-electron chi connectivity index (χ4n) is 3.55. The van der Waals surface area contributed by atoms with Gasteiger partial charge in [-0.1, -0.05) is 35.9 Å². The summed E-state index contributed by atoms with van der Waals surface area (Å²) < 4.78 is 31.7. The Morgan fingerprint density at radius 3 is 2.30 bits per heavy atom. The van der Waals surface area contributed by atoms with Gasteiger partial charge in [0.15, 0.2) is 0 Å². The van der Waals surface area contributed by atoms with Crippen LogP contribution in [0.15, 0.2) is 60.9 Å². The Labute approximate surface area is 193 Å². The fourth-order valence-corrected chi connectivity index (χ4v) is 3.74. The van der Waals surface area contributed by atoms with Crippen molar-refractivity contribution in [1.82, 2.24) is 4.98 Å². The molecule has 0 saturated heterocycles. The molecule has 0 fully saturated rings. The maximum atomic E-state index is 12.3. The molecule has 0 saturated carbocycles. The number of hydrogen-bond donors (Lipinski definition) is 1. The van der Waals surface area contributed by atoms with E-state index in [0.717, 1.165) is 35.2 Å². The van der Waals surface area contributed by atoms with E-state index in [1.165, 1.54) is 11.1 Å². The van der Waals surface area contributed by atoms with Crippen molar-refractivity contribution in [2.75, 3.05) is 4.90 Å². The molecule has 2 aromatic carbocycles. The first-order chi connectivity index (χ1) is 15.6. The maximum Gasteiger partial charge on any atom is 0.490 e. The minimum Gasteiger partial charge on any atom is -0.475 e. The van der Waals surface area contributed by atoms with E-state index >= 15 is 0 Å². The predicted octanol–water partition coefficient (Wildman–Crippen LogP) is 5.69. The number of alkyl halides is 3. The van der Waals surface area contributed by atoms with Gasteiger partial charge >= 0.3 is 12.1 Å². The van der Waals surface area contributed by atoms with Gasteiger partial charge in [0.2, 0.25) is 5.91 Å². The van der Waals surface area contributed by atoms with Crippen LogP contribution in [-0.4, -0.2) is 28.1 Å². The van der Waals surface area contributed by atoms with Crippen molar-refractivity contribution in [3.63, 3.8) is 0 Å². The number of carboxylic acids is 1. The van der Waals surface area contributed by atoms with Crippen molar-refractivity contribution in [3.8, 4) is 11.1 Å². The molecule has 33 heavy (non-hydrogen) atoms. The summed E-state index contributed by atoms with van der Waals surface area (Å²) in [6, 6.07) is 16.3. The van der Waals surface area contributed by atoms with Gasteiger partial charge < -0.3 is 10.0 Å². The number of halogens is 4. The van der Waals surface area contributed by atoms with Crippen LogP contribution in [0.4, 0.5) is 18.9 Å². The van der Waals surface area contributed by atoms with E-state index in [9.17, 15) is 18.0 Å². The predicted molar refractivity (Wildman–Crippen MR) is 119 cm³/mol. The second kappa shape index (κ2) is 10.0. The maximum absolute atomic E-state index is 12.3. The normalized spacial score (nSPS) is 12.9. The number of nitrogens with zero attached hydrogens (tertiary/aromatic N) is 2. The van der Waals surface area contributed by atoms with Gasteiger partial charge in [-0.15, -0.1) is 0 Å². The van der Waals surface area contributed by atoms with E-state index in [2.05, 4.69) is 29.2 Å². The highest BCUT2D eigenvalue weighted by atomic mass is 35.5. The Morgan fingerprint density at radius 2 is 1.70 bits per heavy atom. The molecule has 0 aliphatic carbocycles. The summed E-state index contributed by atoms with van der Waals surface area (Å²) in [5.74, 6) is -2.72. The summed E-state index contributed by atoms with van der Waals surface area (Å²) in [4.78, 5) is 27.2. The second-order valence-electron chi connectivity index (χ2n) is 7.41. The second-order valence-corrected chi connectivity index (χ2v) is 7.84. The smallest absolute Gasteiger partial charge is 0.475 e. The van der Waals surface area contributed by atoms with Crippen LogP contribution in [0, 0.1) is 0 Å². The third-order valence-corrected chi connectivity index (χ3v) is 5.38. The van der Waals surface area contributed by atoms with Crippen LogP contribution >= 0.6 is 11.6 Å². The molecule has 0 atom stereocenters. The van der Waals surface area contributed by atoms with Crippen LogP contribution in [0.1, 0.15) is 23.6 Å². The number of aliphatic carboxylic acids is 1. The molecule has 1 aromatic heterocycles. The van der Waals surface area contributed by atoms with E-state index in [0.29, 0.717) is 11.6 Å². The lowest BCUT2D eigenvalue weighted by atomic mass is 9.92. The van der Waals surface area contributed by atoms with Crippen molar-refractivity contribution in [1.29, 1.82) is 0 Å². The highest BCUT2D eigenvalue weighted by molar-refractivity contribution is 6.30.